The van der Waals surface area contributed by atoms with E-state index in [1.165, 1.54) is 11.3 Å². The minimum atomic E-state index is -0.182. The van der Waals surface area contributed by atoms with E-state index in [0.29, 0.717) is 18.9 Å². The van der Waals surface area contributed by atoms with Crippen LogP contribution in [-0.4, -0.2) is 23.5 Å². The predicted molar refractivity (Wildman–Crippen MR) is 59.0 cm³/mol. The van der Waals surface area contributed by atoms with Gasteiger partial charge >= 0.3 is 0 Å². The molecule has 0 radical (unpaired) electrons. The van der Waals surface area contributed by atoms with Gasteiger partial charge in [-0.25, -0.2) is 4.98 Å². The Bertz CT molecular complexity index is 319. The van der Waals surface area contributed by atoms with Gasteiger partial charge in [0.25, 0.3) is 0 Å². The van der Waals surface area contributed by atoms with Crippen molar-refractivity contribution in [2.24, 2.45) is 5.92 Å². The Hall–Kier alpha value is -0.740. The fourth-order valence-corrected chi connectivity index (χ4v) is 2.29. The zero-order valence-electron chi connectivity index (χ0n) is 8.81. The molecule has 0 saturated heterocycles. The van der Waals surface area contributed by atoms with Crippen molar-refractivity contribution in [2.75, 3.05) is 6.61 Å². The number of rotatable bonds is 6. The zero-order chi connectivity index (χ0) is 10.7. The molecular weight excluding hydrogens is 210 g/mol. The van der Waals surface area contributed by atoms with Gasteiger partial charge in [-0.2, -0.15) is 0 Å². The first-order valence-corrected chi connectivity index (χ1v) is 6.22. The van der Waals surface area contributed by atoms with Gasteiger partial charge in [-0.15, -0.1) is 11.3 Å². The number of Topliss-reactive ketones (excluding diaryl/α,β-unsaturated/α-hetero) is 1. The van der Waals surface area contributed by atoms with Crippen LogP contribution in [0.25, 0.3) is 0 Å². The predicted octanol–water partition coefficient (Wildman–Crippen LogP) is 2.07. The summed E-state index contributed by atoms with van der Waals surface area (Å²) >= 11 is 1.53. The van der Waals surface area contributed by atoms with E-state index < -0.39 is 0 Å². The fourth-order valence-electron chi connectivity index (χ4n) is 1.66. The maximum Gasteiger partial charge on any atom is 0.168 e. The Morgan fingerprint density at radius 1 is 1.73 bits per heavy atom. The minimum Gasteiger partial charge on any atom is -0.370 e. The normalized spacial score (nSPS) is 17.7. The van der Waals surface area contributed by atoms with Gasteiger partial charge in [0.15, 0.2) is 5.78 Å². The van der Waals surface area contributed by atoms with Crippen molar-refractivity contribution in [3.63, 3.8) is 0 Å². The van der Waals surface area contributed by atoms with Crippen LogP contribution in [0.4, 0.5) is 0 Å². The monoisotopic (exact) mass is 225 g/mol. The lowest BCUT2D eigenvalue weighted by Gasteiger charge is -2.13. The van der Waals surface area contributed by atoms with Crippen molar-refractivity contribution in [1.29, 1.82) is 0 Å². The van der Waals surface area contributed by atoms with Crippen molar-refractivity contribution < 1.29 is 9.53 Å². The number of carbonyl (C=O) groups is 1. The second kappa shape index (κ2) is 4.86. The highest BCUT2D eigenvalue weighted by Crippen LogP contribution is 2.35. The number of ketones is 1. The van der Waals surface area contributed by atoms with Crippen molar-refractivity contribution in [3.05, 3.63) is 16.6 Å². The molecule has 1 aliphatic rings. The van der Waals surface area contributed by atoms with Crippen LogP contribution in [0.1, 0.15) is 24.8 Å². The lowest BCUT2D eigenvalue weighted by molar-refractivity contribution is -0.130. The quantitative estimate of drug-likeness (QED) is 0.744. The Labute approximate surface area is 93.5 Å². The Balaban J connectivity index is 1.92. The first-order valence-electron chi connectivity index (χ1n) is 5.34. The number of ether oxygens (including phenoxy) is 1. The summed E-state index contributed by atoms with van der Waals surface area (Å²) in [7, 11) is 0. The Morgan fingerprint density at radius 2 is 2.53 bits per heavy atom. The molecule has 0 bridgehead atoms. The molecule has 3 nitrogen and oxygen atoms in total. The van der Waals surface area contributed by atoms with Gasteiger partial charge in [-0.3, -0.25) is 4.79 Å². The standard InChI is InChI=1S/C11H15NO2S/c1-2-14-11(8-3-4-8)9(13)7-10-12-5-6-15-10/h5-6,8,11H,2-4,7H2,1H3. The van der Waals surface area contributed by atoms with E-state index in [2.05, 4.69) is 4.98 Å². The molecule has 0 aliphatic heterocycles. The van der Waals surface area contributed by atoms with E-state index in [9.17, 15) is 4.79 Å². The number of aromatic nitrogens is 1. The summed E-state index contributed by atoms with van der Waals surface area (Å²) in [5.41, 5.74) is 0. The maximum atomic E-state index is 11.9. The average molecular weight is 225 g/mol. The Kier molecular flexibility index (Phi) is 3.49. The number of carbonyl (C=O) groups excluding carboxylic acids is 1. The molecule has 0 N–H and O–H groups in total. The first kappa shape index (κ1) is 10.8. The van der Waals surface area contributed by atoms with Crippen molar-refractivity contribution in [1.82, 2.24) is 4.98 Å². The van der Waals surface area contributed by atoms with Crippen molar-refractivity contribution in [2.45, 2.75) is 32.3 Å². The molecule has 0 spiro atoms. The average Bonchev–Trinajstić information content (AvgIpc) is 2.93. The van der Waals surface area contributed by atoms with Gasteiger partial charge in [0.1, 0.15) is 6.10 Å². The molecule has 82 valence electrons. The third kappa shape index (κ3) is 2.86. The van der Waals surface area contributed by atoms with E-state index in [1.54, 1.807) is 6.20 Å². The van der Waals surface area contributed by atoms with E-state index in [4.69, 9.17) is 4.74 Å². The lowest BCUT2D eigenvalue weighted by Crippen LogP contribution is -2.28. The molecule has 1 aromatic rings. The van der Waals surface area contributed by atoms with Crippen LogP contribution >= 0.6 is 11.3 Å². The molecule has 1 fully saturated rings. The van der Waals surface area contributed by atoms with Crippen LogP contribution in [0.15, 0.2) is 11.6 Å². The van der Waals surface area contributed by atoms with Gasteiger partial charge in [0.05, 0.1) is 11.4 Å². The molecule has 2 rings (SSSR count). The molecule has 0 aromatic carbocycles. The molecule has 1 aromatic heterocycles. The number of thiazole rings is 1. The molecular formula is C11H15NO2S. The molecule has 1 unspecified atom stereocenters. The maximum absolute atomic E-state index is 11.9. The van der Waals surface area contributed by atoms with E-state index in [0.717, 1.165) is 17.8 Å². The molecule has 1 atom stereocenters. The summed E-state index contributed by atoms with van der Waals surface area (Å²) in [6.45, 7) is 2.55. The summed E-state index contributed by atoms with van der Waals surface area (Å²) < 4.78 is 5.50. The topological polar surface area (TPSA) is 39.2 Å². The van der Waals surface area contributed by atoms with Crippen LogP contribution in [-0.2, 0) is 16.0 Å². The molecule has 1 saturated carbocycles. The summed E-state index contributed by atoms with van der Waals surface area (Å²) in [4.78, 5) is 16.0. The molecule has 0 amide bonds. The second-order valence-corrected chi connectivity index (χ2v) is 4.76. The largest absolute Gasteiger partial charge is 0.370 e. The van der Waals surface area contributed by atoms with Crippen LogP contribution in [0, 0.1) is 5.92 Å². The fraction of sp³-hybridized carbons (Fsp3) is 0.636. The highest BCUT2D eigenvalue weighted by atomic mass is 32.1. The lowest BCUT2D eigenvalue weighted by atomic mass is 10.1. The number of hydrogen-bond donors (Lipinski definition) is 0. The third-order valence-electron chi connectivity index (χ3n) is 2.52. The second-order valence-electron chi connectivity index (χ2n) is 3.78. The summed E-state index contributed by atoms with van der Waals surface area (Å²) in [5, 5.41) is 2.79. The SMILES string of the molecule is CCOC(C(=O)Cc1nccs1)C1CC1. The van der Waals surface area contributed by atoms with E-state index in [-0.39, 0.29) is 11.9 Å². The highest BCUT2D eigenvalue weighted by molar-refractivity contribution is 7.09. The Morgan fingerprint density at radius 3 is 3.07 bits per heavy atom. The van der Waals surface area contributed by atoms with Crippen LogP contribution < -0.4 is 0 Å². The summed E-state index contributed by atoms with van der Waals surface area (Å²) in [5.74, 6) is 0.659. The number of nitrogens with zero attached hydrogens (tertiary/aromatic N) is 1. The van der Waals surface area contributed by atoms with Crippen LogP contribution in [0.5, 0.6) is 0 Å². The number of hydrogen-bond acceptors (Lipinski definition) is 4. The van der Waals surface area contributed by atoms with Crippen LogP contribution in [0.2, 0.25) is 0 Å². The van der Waals surface area contributed by atoms with Gasteiger partial charge < -0.3 is 4.74 Å². The summed E-state index contributed by atoms with van der Waals surface area (Å²) in [6, 6.07) is 0. The third-order valence-corrected chi connectivity index (χ3v) is 3.30. The molecule has 1 aliphatic carbocycles. The van der Waals surface area contributed by atoms with E-state index >= 15 is 0 Å². The van der Waals surface area contributed by atoms with Gasteiger partial charge in [-0.05, 0) is 25.7 Å². The molecule has 4 heteroatoms. The van der Waals surface area contributed by atoms with Gasteiger partial charge in [0.2, 0.25) is 0 Å². The minimum absolute atomic E-state index is 0.182. The van der Waals surface area contributed by atoms with E-state index in [1.807, 2.05) is 12.3 Å². The smallest absolute Gasteiger partial charge is 0.168 e. The van der Waals surface area contributed by atoms with Crippen LogP contribution in [0.3, 0.4) is 0 Å². The summed E-state index contributed by atoms with van der Waals surface area (Å²) in [6.07, 6.45) is 4.25. The first-order chi connectivity index (χ1) is 7.31. The van der Waals surface area contributed by atoms with Crippen molar-refractivity contribution in [3.8, 4) is 0 Å². The zero-order valence-corrected chi connectivity index (χ0v) is 9.63. The molecule has 1 heterocycles. The molecule has 15 heavy (non-hydrogen) atoms. The van der Waals surface area contributed by atoms with Gasteiger partial charge in [-0.1, -0.05) is 0 Å². The van der Waals surface area contributed by atoms with Crippen molar-refractivity contribution >= 4 is 17.1 Å². The highest BCUT2D eigenvalue weighted by Gasteiger charge is 2.36. The van der Waals surface area contributed by atoms with Gasteiger partial charge in [0, 0.05) is 18.2 Å².